The van der Waals surface area contributed by atoms with Gasteiger partial charge >= 0.3 is 0 Å². The van der Waals surface area contributed by atoms with E-state index >= 15 is 0 Å². The Morgan fingerprint density at radius 2 is 2.05 bits per heavy atom. The van der Waals surface area contributed by atoms with Crippen molar-refractivity contribution in [1.29, 1.82) is 5.26 Å². The zero-order valence-corrected chi connectivity index (χ0v) is 12.1. The number of hydrogen-bond acceptors (Lipinski definition) is 5. The molecule has 2 aromatic rings. The monoisotopic (exact) mass is 294 g/mol. The molecule has 0 amide bonds. The lowest BCUT2D eigenvalue weighted by Gasteiger charge is -2.14. The summed E-state index contributed by atoms with van der Waals surface area (Å²) in [6.07, 6.45) is 1.58. The fraction of sp³-hybridized carbons (Fsp3) is 0.118. The van der Waals surface area contributed by atoms with Crippen LogP contribution in [0, 0.1) is 23.3 Å². The zero-order valence-electron chi connectivity index (χ0n) is 12.1. The highest BCUT2D eigenvalue weighted by atomic mass is 16.5. The van der Waals surface area contributed by atoms with E-state index in [4.69, 9.17) is 14.7 Å². The average molecular weight is 294 g/mol. The molecule has 0 heterocycles. The molecule has 0 saturated carbocycles. The molecule has 2 aromatic carbocycles. The van der Waals surface area contributed by atoms with Crippen LogP contribution in [0.5, 0.6) is 5.75 Å². The SMILES string of the molecule is C=C(OC#N)c1c(C)cc(N=O)cc1OCc1ccccc1. The van der Waals surface area contributed by atoms with Gasteiger partial charge in [-0.15, -0.1) is 10.2 Å². The van der Waals surface area contributed by atoms with Crippen LogP contribution in [0.2, 0.25) is 0 Å². The van der Waals surface area contributed by atoms with Crippen molar-refractivity contribution in [1.82, 2.24) is 0 Å². The van der Waals surface area contributed by atoms with E-state index in [1.807, 2.05) is 30.3 Å². The van der Waals surface area contributed by atoms with Crippen molar-refractivity contribution in [2.75, 3.05) is 0 Å². The Balaban J connectivity index is 2.34. The van der Waals surface area contributed by atoms with E-state index in [0.717, 1.165) is 5.56 Å². The largest absolute Gasteiger partial charge is 0.488 e. The van der Waals surface area contributed by atoms with Gasteiger partial charge in [-0.1, -0.05) is 36.9 Å². The molecule has 0 bridgehead atoms. The molecule has 0 atom stereocenters. The van der Waals surface area contributed by atoms with Gasteiger partial charge in [-0.2, -0.15) is 0 Å². The Hall–Kier alpha value is -3.13. The van der Waals surface area contributed by atoms with Gasteiger partial charge in [-0.05, 0) is 29.3 Å². The fourth-order valence-corrected chi connectivity index (χ4v) is 2.10. The third kappa shape index (κ3) is 3.49. The molecular formula is C17H14N2O3. The summed E-state index contributed by atoms with van der Waals surface area (Å²) in [4.78, 5) is 10.8. The van der Waals surface area contributed by atoms with Gasteiger partial charge in [0.25, 0.3) is 6.26 Å². The molecule has 0 aliphatic carbocycles. The zero-order chi connectivity index (χ0) is 15.9. The molecule has 0 aliphatic rings. The number of benzene rings is 2. The van der Waals surface area contributed by atoms with Crippen LogP contribution < -0.4 is 4.74 Å². The number of aryl methyl sites for hydroxylation is 1. The van der Waals surface area contributed by atoms with E-state index in [2.05, 4.69) is 11.8 Å². The number of nitrogens with zero attached hydrogens (tertiary/aromatic N) is 2. The minimum Gasteiger partial charge on any atom is -0.488 e. The number of ether oxygens (including phenoxy) is 2. The summed E-state index contributed by atoms with van der Waals surface area (Å²) >= 11 is 0. The maximum Gasteiger partial charge on any atom is 0.292 e. The smallest absolute Gasteiger partial charge is 0.292 e. The van der Waals surface area contributed by atoms with Crippen molar-refractivity contribution >= 4 is 11.4 Å². The van der Waals surface area contributed by atoms with Crippen LogP contribution in [-0.2, 0) is 11.3 Å². The molecule has 0 unspecified atom stereocenters. The van der Waals surface area contributed by atoms with Crippen LogP contribution in [0.4, 0.5) is 5.69 Å². The van der Waals surface area contributed by atoms with E-state index in [1.54, 1.807) is 19.2 Å². The molecule has 110 valence electrons. The Kier molecular flexibility index (Phi) is 4.89. The average Bonchev–Trinajstić information content (AvgIpc) is 2.53. The number of hydrogen-bond donors (Lipinski definition) is 0. The maximum absolute atomic E-state index is 10.8. The van der Waals surface area contributed by atoms with Crippen molar-refractivity contribution in [3.63, 3.8) is 0 Å². The van der Waals surface area contributed by atoms with Gasteiger partial charge in [0, 0.05) is 6.07 Å². The molecule has 5 nitrogen and oxygen atoms in total. The Morgan fingerprint density at radius 1 is 1.32 bits per heavy atom. The van der Waals surface area contributed by atoms with Crippen LogP contribution in [0.25, 0.3) is 5.76 Å². The van der Waals surface area contributed by atoms with E-state index in [9.17, 15) is 4.91 Å². The van der Waals surface area contributed by atoms with E-state index in [-0.39, 0.29) is 11.4 Å². The molecule has 2 rings (SSSR count). The molecule has 0 aliphatic heterocycles. The summed E-state index contributed by atoms with van der Waals surface area (Å²) in [6, 6.07) is 12.7. The highest BCUT2D eigenvalue weighted by Gasteiger charge is 2.15. The topological polar surface area (TPSA) is 71.7 Å². The summed E-state index contributed by atoms with van der Waals surface area (Å²) in [6.45, 7) is 5.80. The number of rotatable bonds is 6. The normalized spacial score (nSPS) is 9.64. The van der Waals surface area contributed by atoms with Crippen molar-refractivity contribution in [3.8, 4) is 12.0 Å². The second-order valence-electron chi connectivity index (χ2n) is 4.62. The van der Waals surface area contributed by atoms with E-state index < -0.39 is 0 Å². The third-order valence-electron chi connectivity index (χ3n) is 3.07. The first-order valence-electron chi connectivity index (χ1n) is 6.55. The first kappa shape index (κ1) is 15.3. The lowest BCUT2D eigenvalue weighted by Crippen LogP contribution is -2.00. The van der Waals surface area contributed by atoms with Crippen LogP contribution in [-0.4, -0.2) is 0 Å². The summed E-state index contributed by atoms with van der Waals surface area (Å²) in [5, 5.41) is 11.6. The predicted molar refractivity (Wildman–Crippen MR) is 83.1 cm³/mol. The molecule has 0 N–H and O–H groups in total. The minimum absolute atomic E-state index is 0.167. The van der Waals surface area contributed by atoms with Gasteiger partial charge in [0.1, 0.15) is 23.8 Å². The highest BCUT2D eigenvalue weighted by Crippen LogP contribution is 2.34. The summed E-state index contributed by atoms with van der Waals surface area (Å²) in [5.74, 6) is 0.569. The van der Waals surface area contributed by atoms with Crippen LogP contribution in [0.3, 0.4) is 0 Å². The second kappa shape index (κ2) is 7.04. The van der Waals surface area contributed by atoms with Crippen molar-refractivity contribution < 1.29 is 9.47 Å². The second-order valence-corrected chi connectivity index (χ2v) is 4.62. The molecule has 0 radical (unpaired) electrons. The summed E-state index contributed by atoms with van der Waals surface area (Å²) in [5.41, 5.74) is 2.46. The van der Waals surface area contributed by atoms with E-state index in [0.29, 0.717) is 23.5 Å². The minimum atomic E-state index is 0.167. The number of nitroso groups, excluding NO2 is 1. The van der Waals surface area contributed by atoms with Gasteiger partial charge in [0.15, 0.2) is 0 Å². The lowest BCUT2D eigenvalue weighted by molar-refractivity contribution is 0.303. The summed E-state index contributed by atoms with van der Waals surface area (Å²) in [7, 11) is 0. The van der Waals surface area contributed by atoms with Gasteiger partial charge in [-0.3, -0.25) is 0 Å². The van der Waals surface area contributed by atoms with Gasteiger partial charge in [0.2, 0.25) is 0 Å². The van der Waals surface area contributed by atoms with Gasteiger partial charge < -0.3 is 9.47 Å². The fourth-order valence-electron chi connectivity index (χ4n) is 2.10. The molecule has 0 spiro atoms. The van der Waals surface area contributed by atoms with Crippen molar-refractivity contribution in [2.24, 2.45) is 5.18 Å². The lowest BCUT2D eigenvalue weighted by atomic mass is 10.1. The van der Waals surface area contributed by atoms with Gasteiger partial charge in [-0.25, -0.2) is 0 Å². The quantitative estimate of drug-likeness (QED) is 0.448. The van der Waals surface area contributed by atoms with E-state index in [1.165, 1.54) is 6.07 Å². The van der Waals surface area contributed by atoms with Crippen LogP contribution in [0.15, 0.2) is 54.2 Å². The molecule has 22 heavy (non-hydrogen) atoms. The van der Waals surface area contributed by atoms with Crippen molar-refractivity contribution in [3.05, 3.63) is 70.6 Å². The van der Waals surface area contributed by atoms with Gasteiger partial charge in [0.05, 0.1) is 5.56 Å². The Morgan fingerprint density at radius 3 is 2.68 bits per heavy atom. The maximum atomic E-state index is 10.8. The van der Waals surface area contributed by atoms with Crippen LogP contribution in [0.1, 0.15) is 16.7 Å². The number of nitriles is 1. The Labute approximate surface area is 128 Å². The highest BCUT2D eigenvalue weighted by molar-refractivity contribution is 5.70. The Bertz CT molecular complexity index is 734. The first-order chi connectivity index (χ1) is 10.7. The standard InChI is InChI=1S/C17H14N2O3/c1-12-8-15(19-20)9-16(17(12)13(2)22-11-18)21-10-14-6-4-3-5-7-14/h3-9H,2,10H2,1H3. The molecule has 0 saturated heterocycles. The van der Waals surface area contributed by atoms with Crippen LogP contribution >= 0.6 is 0 Å². The third-order valence-corrected chi connectivity index (χ3v) is 3.07. The molecule has 0 aromatic heterocycles. The molecule has 0 fully saturated rings. The predicted octanol–water partition coefficient (Wildman–Crippen LogP) is 4.44. The first-order valence-corrected chi connectivity index (χ1v) is 6.55. The molecular weight excluding hydrogens is 280 g/mol. The summed E-state index contributed by atoms with van der Waals surface area (Å²) < 4.78 is 10.6. The van der Waals surface area contributed by atoms with Crippen molar-refractivity contribution in [2.45, 2.75) is 13.5 Å². The molecule has 5 heteroatoms.